The van der Waals surface area contributed by atoms with E-state index in [9.17, 15) is 27.6 Å². The summed E-state index contributed by atoms with van der Waals surface area (Å²) >= 11 is 3.87. The SMILES string of the molecule is O=C(CN1C(=O)[C@@H]2[C@@H](C1=O)C1c3ccccc3C2(Br)c2ccccc21)Nc1cccc(C(F)(F)F)c1. The number of carbonyl (C=O) groups excluding carboxylic acids is 3. The molecular formula is C27H18BrF3N2O3. The summed E-state index contributed by atoms with van der Waals surface area (Å²) in [5, 5.41) is 2.39. The fourth-order valence-corrected chi connectivity index (χ4v) is 7.21. The smallest absolute Gasteiger partial charge is 0.325 e. The van der Waals surface area contributed by atoms with Gasteiger partial charge >= 0.3 is 6.18 Å². The summed E-state index contributed by atoms with van der Waals surface area (Å²) in [5.74, 6) is -3.46. The molecule has 2 bridgehead atoms. The minimum Gasteiger partial charge on any atom is -0.325 e. The number of amides is 3. The highest BCUT2D eigenvalue weighted by atomic mass is 79.9. The largest absolute Gasteiger partial charge is 0.416 e. The number of carbonyl (C=O) groups is 3. The molecule has 1 heterocycles. The first-order valence-electron chi connectivity index (χ1n) is 11.3. The Balaban J connectivity index is 1.33. The van der Waals surface area contributed by atoms with E-state index in [2.05, 4.69) is 21.2 Å². The molecule has 0 spiro atoms. The number of halogens is 4. The second-order valence-electron chi connectivity index (χ2n) is 9.26. The lowest BCUT2D eigenvalue weighted by Gasteiger charge is -2.51. The van der Waals surface area contributed by atoms with Gasteiger partial charge in [0, 0.05) is 11.6 Å². The van der Waals surface area contributed by atoms with Crippen LogP contribution in [0.4, 0.5) is 18.9 Å². The molecule has 0 unspecified atom stereocenters. The normalized spacial score (nSPS) is 25.9. The van der Waals surface area contributed by atoms with Crippen LogP contribution in [0.3, 0.4) is 0 Å². The van der Waals surface area contributed by atoms with E-state index in [4.69, 9.17) is 0 Å². The number of benzene rings is 3. The van der Waals surface area contributed by atoms with Crippen molar-refractivity contribution >= 4 is 39.3 Å². The third-order valence-corrected chi connectivity index (χ3v) is 8.73. The third kappa shape index (κ3) is 3.11. The number of anilines is 1. The molecule has 2 atom stereocenters. The number of alkyl halides is 4. The quantitative estimate of drug-likeness (QED) is 0.364. The Morgan fingerprint density at radius 2 is 1.53 bits per heavy atom. The summed E-state index contributed by atoms with van der Waals surface area (Å²) in [6.45, 7) is -0.580. The third-order valence-electron chi connectivity index (χ3n) is 7.38. The summed E-state index contributed by atoms with van der Waals surface area (Å²) in [6.07, 6.45) is -4.56. The molecular weight excluding hydrogens is 537 g/mol. The van der Waals surface area contributed by atoms with Crippen LogP contribution in [0.5, 0.6) is 0 Å². The van der Waals surface area contributed by atoms with Gasteiger partial charge in [-0.15, -0.1) is 0 Å². The van der Waals surface area contributed by atoms with E-state index in [1.54, 1.807) is 0 Å². The highest BCUT2D eigenvalue weighted by molar-refractivity contribution is 9.09. The molecule has 1 N–H and O–H groups in total. The van der Waals surface area contributed by atoms with Gasteiger partial charge in [-0.1, -0.05) is 70.5 Å². The van der Waals surface area contributed by atoms with Gasteiger partial charge in [0.15, 0.2) is 0 Å². The summed E-state index contributed by atoms with van der Waals surface area (Å²) < 4.78 is 38.2. The first-order chi connectivity index (χ1) is 17.1. The molecule has 4 aliphatic rings. The topological polar surface area (TPSA) is 66.5 Å². The maximum absolute atomic E-state index is 13.7. The van der Waals surface area contributed by atoms with Crippen molar-refractivity contribution in [3.8, 4) is 0 Å². The zero-order chi connectivity index (χ0) is 25.4. The number of nitrogens with one attached hydrogen (secondary N) is 1. The van der Waals surface area contributed by atoms with Crippen molar-refractivity contribution in [2.24, 2.45) is 11.8 Å². The van der Waals surface area contributed by atoms with E-state index in [-0.39, 0.29) is 11.6 Å². The van der Waals surface area contributed by atoms with Gasteiger partial charge in [0.25, 0.3) is 0 Å². The van der Waals surface area contributed by atoms with Crippen molar-refractivity contribution in [1.29, 1.82) is 0 Å². The second-order valence-corrected chi connectivity index (χ2v) is 10.5. The standard InChI is InChI=1S/C27H18BrF3N2O3/c28-26-18-10-3-1-8-16(18)21(17-9-2-4-11-19(17)26)22-23(26)25(36)33(24(22)35)13-20(34)32-15-7-5-6-14(12-15)27(29,30)31/h1-12,21-23H,13H2,(H,32,34)/t21?,22-,23-,26?/m0/s1. The van der Waals surface area contributed by atoms with Crippen molar-refractivity contribution < 1.29 is 27.6 Å². The lowest BCUT2D eigenvalue weighted by Crippen LogP contribution is -2.50. The van der Waals surface area contributed by atoms with Gasteiger partial charge in [-0.25, -0.2) is 0 Å². The number of rotatable bonds is 3. The van der Waals surface area contributed by atoms with Crippen molar-refractivity contribution in [2.75, 3.05) is 11.9 Å². The van der Waals surface area contributed by atoms with Crippen LogP contribution in [0.15, 0.2) is 72.8 Å². The fourth-order valence-electron chi connectivity index (χ4n) is 6.01. The Labute approximate surface area is 212 Å². The molecule has 7 rings (SSSR count). The van der Waals surface area contributed by atoms with Crippen molar-refractivity contribution in [1.82, 2.24) is 4.90 Å². The number of imide groups is 1. The van der Waals surface area contributed by atoms with Crippen molar-refractivity contribution in [3.05, 3.63) is 101 Å². The molecule has 0 saturated carbocycles. The first kappa shape index (κ1) is 23.0. The molecule has 1 aliphatic heterocycles. The van der Waals surface area contributed by atoms with Gasteiger partial charge in [-0.3, -0.25) is 19.3 Å². The van der Waals surface area contributed by atoms with Crippen LogP contribution in [0, 0.1) is 11.8 Å². The van der Waals surface area contributed by atoms with E-state index in [0.29, 0.717) is 0 Å². The van der Waals surface area contributed by atoms with Gasteiger partial charge in [-0.2, -0.15) is 13.2 Å². The minimum absolute atomic E-state index is 0.0665. The van der Waals surface area contributed by atoms with Crippen LogP contribution in [0.1, 0.15) is 33.7 Å². The Morgan fingerprint density at radius 3 is 2.14 bits per heavy atom. The molecule has 1 saturated heterocycles. The maximum atomic E-state index is 13.7. The molecule has 182 valence electrons. The summed E-state index contributed by atoms with van der Waals surface area (Å²) in [6, 6.07) is 19.6. The molecule has 0 aromatic heterocycles. The van der Waals surface area contributed by atoms with E-state index in [0.717, 1.165) is 39.3 Å². The van der Waals surface area contributed by atoms with Gasteiger partial charge in [0.2, 0.25) is 17.7 Å². The number of hydrogen-bond donors (Lipinski definition) is 1. The Hall–Kier alpha value is -3.46. The Bertz CT molecular complexity index is 1410. The van der Waals surface area contributed by atoms with Gasteiger partial charge in [0.1, 0.15) is 6.54 Å². The molecule has 9 heteroatoms. The van der Waals surface area contributed by atoms with Crippen LogP contribution < -0.4 is 5.32 Å². The lowest BCUT2D eigenvalue weighted by molar-refractivity contribution is -0.142. The number of likely N-dealkylation sites (tertiary alicyclic amines) is 1. The molecule has 5 nitrogen and oxygen atoms in total. The maximum Gasteiger partial charge on any atom is 0.416 e. The van der Waals surface area contributed by atoms with Gasteiger partial charge < -0.3 is 5.32 Å². The summed E-state index contributed by atoms with van der Waals surface area (Å²) in [4.78, 5) is 41.0. The molecule has 1 fully saturated rings. The van der Waals surface area contributed by atoms with Crippen molar-refractivity contribution in [3.63, 3.8) is 0 Å². The van der Waals surface area contributed by atoms with E-state index in [1.165, 1.54) is 12.1 Å². The van der Waals surface area contributed by atoms with Gasteiger partial charge in [-0.05, 0) is 40.5 Å². The highest BCUT2D eigenvalue weighted by Crippen LogP contribution is 2.66. The number of hydrogen-bond acceptors (Lipinski definition) is 3. The zero-order valence-electron chi connectivity index (χ0n) is 18.6. The van der Waals surface area contributed by atoms with Crippen LogP contribution >= 0.6 is 15.9 Å². The van der Waals surface area contributed by atoms with Crippen molar-refractivity contribution in [2.45, 2.75) is 16.4 Å². The molecule has 36 heavy (non-hydrogen) atoms. The second kappa shape index (κ2) is 7.77. The van der Waals surface area contributed by atoms with E-state index < -0.39 is 52.2 Å². The molecule has 3 amide bonds. The van der Waals surface area contributed by atoms with Crippen LogP contribution in [-0.4, -0.2) is 29.2 Å². The van der Waals surface area contributed by atoms with E-state index in [1.807, 2.05) is 48.5 Å². The average Bonchev–Trinajstić information content (AvgIpc) is 3.10. The fraction of sp³-hybridized carbons (Fsp3) is 0.222. The van der Waals surface area contributed by atoms with Crippen LogP contribution in [0.2, 0.25) is 0 Å². The molecule has 3 aromatic carbocycles. The predicted molar refractivity (Wildman–Crippen MR) is 128 cm³/mol. The average molecular weight is 555 g/mol. The predicted octanol–water partition coefficient (Wildman–Crippen LogP) is 5.04. The van der Waals surface area contributed by atoms with Crippen LogP contribution in [0.25, 0.3) is 0 Å². The minimum atomic E-state index is -4.56. The monoisotopic (exact) mass is 554 g/mol. The van der Waals surface area contributed by atoms with E-state index >= 15 is 0 Å². The lowest BCUT2D eigenvalue weighted by atomic mass is 9.55. The van der Waals surface area contributed by atoms with Gasteiger partial charge in [0.05, 0.1) is 21.7 Å². The zero-order valence-corrected chi connectivity index (χ0v) is 20.1. The highest BCUT2D eigenvalue weighted by Gasteiger charge is 2.67. The molecule has 0 radical (unpaired) electrons. The summed E-state index contributed by atoms with van der Waals surface area (Å²) in [7, 11) is 0. The van der Waals surface area contributed by atoms with Crippen LogP contribution in [-0.2, 0) is 24.9 Å². The Morgan fingerprint density at radius 1 is 0.917 bits per heavy atom. The molecule has 3 aromatic rings. The first-order valence-corrected chi connectivity index (χ1v) is 12.1. The Kier molecular flexibility index (Phi) is 4.96. The number of nitrogens with zero attached hydrogens (tertiary/aromatic N) is 1. The molecule has 3 aliphatic carbocycles. The summed E-state index contributed by atoms with van der Waals surface area (Å²) in [5.41, 5.74) is 2.80.